The summed E-state index contributed by atoms with van der Waals surface area (Å²) >= 11 is 1.77. The molecule has 0 aliphatic carbocycles. The number of aromatic nitrogens is 2. The van der Waals surface area contributed by atoms with Crippen molar-refractivity contribution < 1.29 is 0 Å². The molecule has 2 rings (SSSR count). The number of thioether (sulfide) groups is 1. The van der Waals surface area contributed by atoms with Crippen LogP contribution in [0.1, 0.15) is 19.2 Å². The van der Waals surface area contributed by atoms with E-state index in [1.807, 2.05) is 31.2 Å². The summed E-state index contributed by atoms with van der Waals surface area (Å²) in [6.07, 6.45) is 1.12. The van der Waals surface area contributed by atoms with Gasteiger partial charge < -0.3 is 0 Å². The monoisotopic (exact) mass is 248 g/mol. The van der Waals surface area contributed by atoms with Gasteiger partial charge in [0.15, 0.2) is 0 Å². The third kappa shape index (κ3) is 2.52. The van der Waals surface area contributed by atoms with Gasteiger partial charge in [0.1, 0.15) is 5.82 Å². The molecule has 1 aromatic heterocycles. The van der Waals surface area contributed by atoms with E-state index in [1.165, 1.54) is 0 Å². The van der Waals surface area contributed by atoms with Crippen molar-refractivity contribution in [3.8, 4) is 0 Å². The molecule has 1 aromatic carbocycles. The molecule has 90 valence electrons. The predicted molar refractivity (Wildman–Crippen MR) is 73.5 cm³/mol. The van der Waals surface area contributed by atoms with Gasteiger partial charge in [0.25, 0.3) is 5.56 Å². The van der Waals surface area contributed by atoms with Crippen LogP contribution >= 0.6 is 11.8 Å². The van der Waals surface area contributed by atoms with Gasteiger partial charge in [-0.15, -0.1) is 11.8 Å². The second-order valence-corrected chi connectivity index (χ2v) is 5.02. The molecule has 0 aliphatic heterocycles. The number of hydrogen-bond donors (Lipinski definition) is 0. The molecule has 0 unspecified atom stereocenters. The van der Waals surface area contributed by atoms with Crippen molar-refractivity contribution in [3.05, 3.63) is 40.4 Å². The summed E-state index contributed by atoms with van der Waals surface area (Å²) in [5, 5.41) is 0.704. The number of hydrogen-bond acceptors (Lipinski definition) is 3. The normalized spacial score (nSPS) is 10.9. The summed E-state index contributed by atoms with van der Waals surface area (Å²) in [6.45, 7) is 4.03. The molecule has 0 radical (unpaired) electrons. The first-order valence-corrected chi connectivity index (χ1v) is 6.93. The molecule has 2 aromatic rings. The van der Waals surface area contributed by atoms with E-state index in [1.54, 1.807) is 16.3 Å². The maximum atomic E-state index is 12.3. The van der Waals surface area contributed by atoms with Gasteiger partial charge in [-0.2, -0.15) is 0 Å². The minimum atomic E-state index is 0.0664. The van der Waals surface area contributed by atoms with Crippen LogP contribution in [0.25, 0.3) is 10.9 Å². The molecule has 0 saturated heterocycles. The quantitative estimate of drug-likeness (QED) is 0.780. The molecule has 0 atom stereocenters. The van der Waals surface area contributed by atoms with Gasteiger partial charge in [-0.25, -0.2) is 4.98 Å². The zero-order chi connectivity index (χ0) is 12.3. The second kappa shape index (κ2) is 5.36. The fraction of sp³-hybridized carbons (Fsp3) is 0.385. The van der Waals surface area contributed by atoms with E-state index in [-0.39, 0.29) is 5.56 Å². The van der Waals surface area contributed by atoms with Crippen LogP contribution in [0.4, 0.5) is 0 Å². The standard InChI is InChI=1S/C13H16N2OS/c1-3-8-17-9-15-10(2)14-12-7-5-4-6-11(12)13(15)16/h4-7H,3,8-9H2,1-2H3. The van der Waals surface area contributed by atoms with E-state index in [2.05, 4.69) is 11.9 Å². The van der Waals surface area contributed by atoms with E-state index in [0.29, 0.717) is 11.3 Å². The number of nitrogens with zero attached hydrogens (tertiary/aromatic N) is 2. The highest BCUT2D eigenvalue weighted by Gasteiger charge is 2.06. The highest BCUT2D eigenvalue weighted by atomic mass is 32.2. The van der Waals surface area contributed by atoms with Crippen molar-refractivity contribution in [2.24, 2.45) is 0 Å². The maximum Gasteiger partial charge on any atom is 0.262 e. The van der Waals surface area contributed by atoms with Gasteiger partial charge in [-0.1, -0.05) is 19.1 Å². The Morgan fingerprint density at radius 2 is 2.12 bits per heavy atom. The molecule has 0 fully saturated rings. The lowest BCUT2D eigenvalue weighted by molar-refractivity contribution is 0.775. The Morgan fingerprint density at radius 1 is 1.35 bits per heavy atom. The minimum absolute atomic E-state index is 0.0664. The molecule has 1 heterocycles. The lowest BCUT2D eigenvalue weighted by Crippen LogP contribution is -2.23. The largest absolute Gasteiger partial charge is 0.286 e. The zero-order valence-corrected chi connectivity index (χ0v) is 11.0. The average molecular weight is 248 g/mol. The van der Waals surface area contributed by atoms with Crippen LogP contribution in [0.3, 0.4) is 0 Å². The van der Waals surface area contributed by atoms with Crippen molar-refractivity contribution in [1.82, 2.24) is 9.55 Å². The molecule has 17 heavy (non-hydrogen) atoms. The lowest BCUT2D eigenvalue weighted by atomic mass is 10.2. The SMILES string of the molecule is CCCSCn1c(C)nc2ccccc2c1=O. The Bertz CT molecular complexity index is 577. The Labute approximate surface area is 105 Å². The Hall–Kier alpha value is -1.29. The molecular weight excluding hydrogens is 232 g/mol. The van der Waals surface area contributed by atoms with E-state index in [0.717, 1.165) is 23.5 Å². The van der Waals surface area contributed by atoms with Crippen LogP contribution in [0.2, 0.25) is 0 Å². The molecule has 0 bridgehead atoms. The summed E-state index contributed by atoms with van der Waals surface area (Å²) in [5.41, 5.74) is 0.850. The van der Waals surface area contributed by atoms with Gasteiger partial charge in [-0.05, 0) is 31.2 Å². The maximum absolute atomic E-state index is 12.3. The molecule has 3 nitrogen and oxygen atoms in total. The first-order chi connectivity index (χ1) is 8.24. The van der Waals surface area contributed by atoms with Crippen LogP contribution in [-0.4, -0.2) is 15.3 Å². The Balaban J connectivity index is 2.45. The van der Waals surface area contributed by atoms with E-state index >= 15 is 0 Å². The minimum Gasteiger partial charge on any atom is -0.286 e. The van der Waals surface area contributed by atoms with Gasteiger partial charge >= 0.3 is 0 Å². The summed E-state index contributed by atoms with van der Waals surface area (Å²) in [4.78, 5) is 16.7. The molecule has 0 amide bonds. The molecule has 0 saturated carbocycles. The number of para-hydroxylation sites is 1. The molecule has 0 N–H and O–H groups in total. The van der Waals surface area contributed by atoms with E-state index < -0.39 is 0 Å². The van der Waals surface area contributed by atoms with Crippen molar-refractivity contribution in [2.45, 2.75) is 26.1 Å². The number of fused-ring (bicyclic) bond motifs is 1. The second-order valence-electron chi connectivity index (χ2n) is 3.95. The predicted octanol–water partition coefficient (Wildman–Crippen LogP) is 2.81. The van der Waals surface area contributed by atoms with Crippen molar-refractivity contribution in [3.63, 3.8) is 0 Å². The van der Waals surface area contributed by atoms with Gasteiger partial charge in [-0.3, -0.25) is 9.36 Å². The number of benzene rings is 1. The summed E-state index contributed by atoms with van der Waals surface area (Å²) in [6, 6.07) is 7.51. The topological polar surface area (TPSA) is 34.9 Å². The lowest BCUT2D eigenvalue weighted by Gasteiger charge is -2.09. The summed E-state index contributed by atoms with van der Waals surface area (Å²) in [5.74, 6) is 2.55. The van der Waals surface area contributed by atoms with Crippen LogP contribution in [-0.2, 0) is 5.88 Å². The fourth-order valence-corrected chi connectivity index (χ4v) is 2.64. The van der Waals surface area contributed by atoms with Crippen LogP contribution in [0, 0.1) is 6.92 Å². The van der Waals surface area contributed by atoms with Crippen LogP contribution < -0.4 is 5.56 Å². The third-order valence-electron chi connectivity index (χ3n) is 2.62. The molecular formula is C13H16N2OS. The highest BCUT2D eigenvalue weighted by molar-refractivity contribution is 7.98. The van der Waals surface area contributed by atoms with Crippen molar-refractivity contribution >= 4 is 22.7 Å². The van der Waals surface area contributed by atoms with Crippen molar-refractivity contribution in [2.75, 3.05) is 5.75 Å². The van der Waals surface area contributed by atoms with Crippen LogP contribution in [0.15, 0.2) is 29.1 Å². The highest BCUT2D eigenvalue weighted by Crippen LogP contribution is 2.10. The Kier molecular flexibility index (Phi) is 3.84. The van der Waals surface area contributed by atoms with Crippen LogP contribution in [0.5, 0.6) is 0 Å². The van der Waals surface area contributed by atoms with Gasteiger partial charge in [0, 0.05) is 0 Å². The molecule has 0 aliphatic rings. The Morgan fingerprint density at radius 3 is 2.88 bits per heavy atom. The smallest absolute Gasteiger partial charge is 0.262 e. The third-order valence-corrected chi connectivity index (χ3v) is 3.76. The van der Waals surface area contributed by atoms with E-state index in [4.69, 9.17) is 0 Å². The first-order valence-electron chi connectivity index (χ1n) is 5.78. The van der Waals surface area contributed by atoms with Gasteiger partial charge in [0.2, 0.25) is 0 Å². The first kappa shape index (κ1) is 12.2. The van der Waals surface area contributed by atoms with E-state index in [9.17, 15) is 4.79 Å². The zero-order valence-electron chi connectivity index (χ0n) is 10.1. The molecule has 4 heteroatoms. The van der Waals surface area contributed by atoms with Gasteiger partial charge in [0.05, 0.1) is 16.8 Å². The number of rotatable bonds is 4. The average Bonchev–Trinajstić information content (AvgIpc) is 2.33. The molecule has 0 spiro atoms. The summed E-state index contributed by atoms with van der Waals surface area (Å²) < 4.78 is 1.75. The summed E-state index contributed by atoms with van der Waals surface area (Å²) in [7, 11) is 0. The fourth-order valence-electron chi connectivity index (χ4n) is 1.73. The number of aryl methyl sites for hydroxylation is 1. The van der Waals surface area contributed by atoms with Crippen molar-refractivity contribution in [1.29, 1.82) is 0 Å².